The van der Waals surface area contributed by atoms with Crippen LogP contribution in [0.5, 0.6) is 0 Å². The van der Waals surface area contributed by atoms with Crippen LogP contribution in [0.1, 0.15) is 71.6 Å². The molecule has 1 aromatic heterocycles. The fourth-order valence-corrected chi connectivity index (χ4v) is 3.39. The zero-order valence-electron chi connectivity index (χ0n) is 18.1. The highest BCUT2D eigenvalue weighted by Gasteiger charge is 2.20. The molecule has 0 bridgehead atoms. The number of nitrogens with one attached hydrogen (secondary N) is 2. The van der Waals surface area contributed by atoms with E-state index in [1.54, 1.807) is 7.05 Å². The fraction of sp³-hybridized carbons (Fsp3) is 0.292. The quantitative estimate of drug-likeness (QED) is 0.595. The lowest BCUT2D eigenvalue weighted by Gasteiger charge is -2.13. The van der Waals surface area contributed by atoms with Gasteiger partial charge in [-0.25, -0.2) is 0 Å². The van der Waals surface area contributed by atoms with Gasteiger partial charge in [0.1, 0.15) is 5.69 Å². The van der Waals surface area contributed by atoms with Crippen molar-refractivity contribution in [1.82, 2.24) is 9.78 Å². The molecule has 0 saturated heterocycles. The number of aromatic nitrogens is 2. The molecule has 3 aromatic rings. The Labute approximate surface area is 177 Å². The van der Waals surface area contributed by atoms with E-state index in [2.05, 4.69) is 43.4 Å². The summed E-state index contributed by atoms with van der Waals surface area (Å²) < 4.78 is 1.43. The van der Waals surface area contributed by atoms with E-state index in [9.17, 15) is 9.59 Å². The number of aryl methyl sites for hydroxylation is 1. The number of anilines is 2. The van der Waals surface area contributed by atoms with E-state index in [0.29, 0.717) is 5.69 Å². The first-order valence-corrected chi connectivity index (χ1v) is 10.1. The number of rotatable bonds is 6. The van der Waals surface area contributed by atoms with Crippen LogP contribution in [0.15, 0.2) is 54.6 Å². The van der Waals surface area contributed by atoms with Crippen molar-refractivity contribution in [3.05, 3.63) is 77.1 Å². The van der Waals surface area contributed by atoms with Gasteiger partial charge in [-0.2, -0.15) is 5.10 Å². The monoisotopic (exact) mass is 404 g/mol. The summed E-state index contributed by atoms with van der Waals surface area (Å²) in [5.74, 6) is -0.108. The first-order valence-electron chi connectivity index (χ1n) is 10.1. The van der Waals surface area contributed by atoms with Crippen LogP contribution in [-0.4, -0.2) is 21.6 Å². The maximum absolute atomic E-state index is 12.8. The van der Waals surface area contributed by atoms with Crippen LogP contribution in [0.4, 0.5) is 11.4 Å². The minimum atomic E-state index is -0.347. The SMILES string of the molecule is CC(C)c1ccccc1NC(=O)c1cc(C(=O)Nc2ccccc2C(C)C)n(C)n1. The molecule has 6 heteroatoms. The second-order valence-electron chi connectivity index (χ2n) is 7.93. The molecule has 3 rings (SSSR count). The first-order chi connectivity index (χ1) is 14.3. The minimum Gasteiger partial charge on any atom is -0.320 e. The molecule has 0 aliphatic rings. The molecule has 0 spiro atoms. The number of nitrogens with zero attached hydrogens (tertiary/aromatic N) is 2. The van der Waals surface area contributed by atoms with Gasteiger partial charge in [-0.05, 0) is 35.1 Å². The second-order valence-corrected chi connectivity index (χ2v) is 7.93. The summed E-state index contributed by atoms with van der Waals surface area (Å²) in [5, 5.41) is 10.1. The Kier molecular flexibility index (Phi) is 6.35. The van der Waals surface area contributed by atoms with Gasteiger partial charge in [-0.15, -0.1) is 0 Å². The van der Waals surface area contributed by atoms with Crippen molar-refractivity contribution in [1.29, 1.82) is 0 Å². The molecule has 0 fully saturated rings. The van der Waals surface area contributed by atoms with Gasteiger partial charge in [-0.1, -0.05) is 64.1 Å². The highest BCUT2D eigenvalue weighted by atomic mass is 16.2. The van der Waals surface area contributed by atoms with Crippen molar-refractivity contribution in [3.8, 4) is 0 Å². The smallest absolute Gasteiger partial charge is 0.276 e. The predicted molar refractivity (Wildman–Crippen MR) is 120 cm³/mol. The van der Waals surface area contributed by atoms with E-state index >= 15 is 0 Å². The van der Waals surface area contributed by atoms with Crippen LogP contribution < -0.4 is 10.6 Å². The first kappa shape index (κ1) is 21.3. The Bertz CT molecular complexity index is 1070. The van der Waals surface area contributed by atoms with Crippen LogP contribution in [0, 0.1) is 0 Å². The van der Waals surface area contributed by atoms with E-state index in [0.717, 1.165) is 22.5 Å². The van der Waals surface area contributed by atoms with Gasteiger partial charge in [-0.3, -0.25) is 14.3 Å². The molecule has 2 N–H and O–H groups in total. The van der Waals surface area contributed by atoms with Gasteiger partial charge < -0.3 is 10.6 Å². The molecule has 30 heavy (non-hydrogen) atoms. The molecular formula is C24H28N4O2. The summed E-state index contributed by atoms with van der Waals surface area (Å²) in [4.78, 5) is 25.6. The molecule has 0 saturated carbocycles. The zero-order valence-corrected chi connectivity index (χ0v) is 18.1. The van der Waals surface area contributed by atoms with Crippen molar-refractivity contribution in [2.75, 3.05) is 10.6 Å². The van der Waals surface area contributed by atoms with Crippen molar-refractivity contribution in [2.45, 2.75) is 39.5 Å². The Balaban J connectivity index is 1.80. The summed E-state index contributed by atoms with van der Waals surface area (Å²) in [5.41, 5.74) is 4.12. The molecule has 0 aliphatic heterocycles. The highest BCUT2D eigenvalue weighted by Crippen LogP contribution is 2.25. The molecule has 2 amide bonds. The average Bonchev–Trinajstić information content (AvgIpc) is 3.10. The van der Waals surface area contributed by atoms with Crippen molar-refractivity contribution >= 4 is 23.2 Å². The Morgan fingerprint density at radius 1 is 0.800 bits per heavy atom. The Morgan fingerprint density at radius 2 is 1.27 bits per heavy atom. The molecule has 0 atom stereocenters. The molecule has 156 valence electrons. The topological polar surface area (TPSA) is 76.0 Å². The maximum atomic E-state index is 12.8. The van der Waals surface area contributed by atoms with Crippen LogP contribution in [0.25, 0.3) is 0 Å². The zero-order chi connectivity index (χ0) is 21.8. The molecule has 0 radical (unpaired) electrons. The maximum Gasteiger partial charge on any atom is 0.276 e. The predicted octanol–water partition coefficient (Wildman–Crippen LogP) is 5.17. The summed E-state index contributed by atoms with van der Waals surface area (Å²) in [6.07, 6.45) is 0. The van der Waals surface area contributed by atoms with Crippen LogP contribution >= 0.6 is 0 Å². The molecular weight excluding hydrogens is 376 g/mol. The van der Waals surface area contributed by atoms with Crippen LogP contribution in [0.3, 0.4) is 0 Å². The third-order valence-corrected chi connectivity index (χ3v) is 5.01. The third kappa shape index (κ3) is 4.59. The van der Waals surface area contributed by atoms with Crippen molar-refractivity contribution in [2.24, 2.45) is 7.05 Å². The van der Waals surface area contributed by atoms with E-state index in [4.69, 9.17) is 0 Å². The molecule has 6 nitrogen and oxygen atoms in total. The number of para-hydroxylation sites is 2. The second kappa shape index (κ2) is 8.95. The largest absolute Gasteiger partial charge is 0.320 e. The van der Waals surface area contributed by atoms with Crippen LogP contribution in [0.2, 0.25) is 0 Å². The van der Waals surface area contributed by atoms with E-state index in [-0.39, 0.29) is 29.3 Å². The normalized spacial score (nSPS) is 11.0. The lowest BCUT2D eigenvalue weighted by molar-refractivity contribution is 0.101. The number of benzene rings is 2. The van der Waals surface area contributed by atoms with Gasteiger partial charge in [0.05, 0.1) is 0 Å². The number of hydrogen-bond acceptors (Lipinski definition) is 3. The van der Waals surface area contributed by atoms with Crippen molar-refractivity contribution in [3.63, 3.8) is 0 Å². The highest BCUT2D eigenvalue weighted by molar-refractivity contribution is 6.07. The van der Waals surface area contributed by atoms with Gasteiger partial charge >= 0.3 is 0 Å². The summed E-state index contributed by atoms with van der Waals surface area (Å²) in [6, 6.07) is 16.9. The van der Waals surface area contributed by atoms with Crippen molar-refractivity contribution < 1.29 is 9.59 Å². The van der Waals surface area contributed by atoms with E-state index < -0.39 is 0 Å². The van der Waals surface area contributed by atoms with E-state index in [1.807, 2.05) is 48.5 Å². The number of hydrogen-bond donors (Lipinski definition) is 2. The average molecular weight is 405 g/mol. The molecule has 1 heterocycles. The van der Waals surface area contributed by atoms with Gasteiger partial charge in [0, 0.05) is 24.5 Å². The summed E-state index contributed by atoms with van der Waals surface area (Å²) in [6.45, 7) is 8.30. The standard InChI is InChI=1S/C24H28N4O2/c1-15(2)17-10-6-8-12-19(17)25-23(29)21-14-22(28(5)27-21)24(30)26-20-13-9-7-11-18(20)16(3)4/h6-16H,1-5H3,(H,25,29)(H,26,30). The van der Waals surface area contributed by atoms with Gasteiger partial charge in [0.25, 0.3) is 11.8 Å². The lowest BCUT2D eigenvalue weighted by Crippen LogP contribution is -2.17. The summed E-state index contributed by atoms with van der Waals surface area (Å²) >= 11 is 0. The summed E-state index contributed by atoms with van der Waals surface area (Å²) in [7, 11) is 1.65. The minimum absolute atomic E-state index is 0.193. The third-order valence-electron chi connectivity index (χ3n) is 5.01. The Hall–Kier alpha value is -3.41. The number of amides is 2. The van der Waals surface area contributed by atoms with E-state index in [1.165, 1.54) is 10.7 Å². The fourth-order valence-electron chi connectivity index (χ4n) is 3.39. The molecule has 0 unspecified atom stereocenters. The number of carbonyl (C=O) groups is 2. The van der Waals surface area contributed by atoms with Gasteiger partial charge in [0.2, 0.25) is 0 Å². The number of carbonyl (C=O) groups excluding carboxylic acids is 2. The molecule has 0 aliphatic carbocycles. The molecule has 2 aromatic carbocycles. The Morgan fingerprint density at radius 3 is 1.77 bits per heavy atom. The van der Waals surface area contributed by atoms with Gasteiger partial charge in [0.15, 0.2) is 5.69 Å². The van der Waals surface area contributed by atoms with Crippen LogP contribution in [-0.2, 0) is 7.05 Å². The lowest BCUT2D eigenvalue weighted by atomic mass is 10.0.